The Morgan fingerprint density at radius 3 is 2.31 bits per heavy atom. The monoisotopic (exact) mass is 537 g/mol. The Labute approximate surface area is 219 Å². The predicted molar refractivity (Wildman–Crippen MR) is 144 cm³/mol. The summed E-state index contributed by atoms with van der Waals surface area (Å²) in [5, 5.41) is 3.35. The zero-order chi connectivity index (χ0) is 26.9. The predicted octanol–water partition coefficient (Wildman–Crippen LogP) is 4.23. The third kappa shape index (κ3) is 8.41. The molecule has 1 atom stereocenters. The second kappa shape index (κ2) is 13.5. The van der Waals surface area contributed by atoms with Gasteiger partial charge in [0.15, 0.2) is 0 Å². The Hall–Kier alpha value is -2.78. The van der Waals surface area contributed by atoms with Gasteiger partial charge in [0, 0.05) is 30.6 Å². The third-order valence-electron chi connectivity index (χ3n) is 5.48. The molecule has 0 spiro atoms. The topological polar surface area (TPSA) is 96.0 Å². The molecule has 0 heterocycles. The number of hydrogen-bond donors (Lipinski definition) is 1. The lowest BCUT2D eigenvalue weighted by atomic mass is 10.1. The molecule has 0 saturated carbocycles. The van der Waals surface area contributed by atoms with Gasteiger partial charge in [-0.3, -0.25) is 13.9 Å². The fraction of sp³-hybridized carbons (Fsp3) is 0.462. The fourth-order valence-corrected chi connectivity index (χ4v) is 4.89. The number of nitrogens with one attached hydrogen (secondary N) is 1. The number of hydrogen-bond acceptors (Lipinski definition) is 5. The first-order valence-corrected chi connectivity index (χ1v) is 14.2. The normalized spacial score (nSPS) is 12.2. The van der Waals surface area contributed by atoms with Gasteiger partial charge >= 0.3 is 0 Å². The fourth-order valence-electron chi connectivity index (χ4n) is 3.72. The van der Waals surface area contributed by atoms with E-state index in [0.717, 1.165) is 11.8 Å². The number of ether oxygens (including phenoxy) is 1. The molecule has 8 nitrogen and oxygen atoms in total. The summed E-state index contributed by atoms with van der Waals surface area (Å²) in [6, 6.07) is 13.3. The summed E-state index contributed by atoms with van der Waals surface area (Å²) >= 11 is 6.32. The molecule has 0 bridgehead atoms. The molecule has 1 N–H and O–H groups in total. The van der Waals surface area contributed by atoms with Gasteiger partial charge in [-0.05, 0) is 57.9 Å². The molecule has 2 aromatic carbocycles. The summed E-state index contributed by atoms with van der Waals surface area (Å²) in [5.41, 5.74) is 1.15. The standard InChI is InChI=1S/C26H36ClN3O5S/c1-6-35-24-15-10-9-14-23(24)30(36(5,33)34)17-11-16-25(31)29(20(4)26(32)28-19(2)3)18-21-12-7-8-13-22(21)27/h7-10,12-15,19-20H,6,11,16-18H2,1-5H3,(H,28,32)/t20-/m1/s1. The maximum Gasteiger partial charge on any atom is 0.242 e. The van der Waals surface area contributed by atoms with Crippen LogP contribution in [0.5, 0.6) is 5.75 Å². The van der Waals surface area contributed by atoms with Crippen molar-refractivity contribution in [2.45, 2.75) is 59.2 Å². The average molecular weight is 538 g/mol. The zero-order valence-corrected chi connectivity index (χ0v) is 23.1. The van der Waals surface area contributed by atoms with Gasteiger partial charge in [-0.2, -0.15) is 0 Å². The molecule has 0 unspecified atom stereocenters. The van der Waals surface area contributed by atoms with E-state index in [-0.39, 0.29) is 43.8 Å². The van der Waals surface area contributed by atoms with Gasteiger partial charge in [-0.25, -0.2) is 8.42 Å². The molecule has 198 valence electrons. The van der Waals surface area contributed by atoms with Gasteiger partial charge in [0.2, 0.25) is 21.8 Å². The minimum absolute atomic E-state index is 0.0482. The summed E-state index contributed by atoms with van der Waals surface area (Å²) in [5.74, 6) is -0.0854. The zero-order valence-electron chi connectivity index (χ0n) is 21.5. The number of halogens is 1. The van der Waals surface area contributed by atoms with Crippen LogP contribution in [0.1, 0.15) is 46.1 Å². The first-order chi connectivity index (χ1) is 17.0. The SMILES string of the molecule is CCOc1ccccc1N(CCCC(=O)N(Cc1ccccc1Cl)[C@H](C)C(=O)NC(C)C)S(C)(=O)=O. The van der Waals surface area contributed by atoms with Gasteiger partial charge < -0.3 is 15.0 Å². The minimum Gasteiger partial charge on any atom is -0.492 e. The molecule has 0 aliphatic rings. The van der Waals surface area contributed by atoms with E-state index in [1.165, 1.54) is 9.21 Å². The van der Waals surface area contributed by atoms with Crippen LogP contribution in [0, 0.1) is 0 Å². The lowest BCUT2D eigenvalue weighted by Crippen LogP contribution is -2.49. The van der Waals surface area contributed by atoms with Gasteiger partial charge in [0.1, 0.15) is 11.8 Å². The first kappa shape index (κ1) is 29.5. The van der Waals surface area contributed by atoms with Crippen LogP contribution in [0.15, 0.2) is 48.5 Å². The number of amides is 2. The summed E-state index contributed by atoms with van der Waals surface area (Å²) in [6.45, 7) is 7.84. The Kier molecular flexibility index (Phi) is 11.0. The average Bonchev–Trinajstić information content (AvgIpc) is 2.80. The molecule has 36 heavy (non-hydrogen) atoms. The van der Waals surface area contributed by atoms with Gasteiger partial charge in [-0.15, -0.1) is 0 Å². The van der Waals surface area contributed by atoms with Crippen molar-refractivity contribution in [2.75, 3.05) is 23.7 Å². The number of carbonyl (C=O) groups excluding carboxylic acids is 2. The lowest BCUT2D eigenvalue weighted by molar-refractivity contribution is -0.140. The Morgan fingerprint density at radius 1 is 1.06 bits per heavy atom. The molecule has 0 aromatic heterocycles. The molecular weight excluding hydrogens is 502 g/mol. The number of sulfonamides is 1. The van der Waals surface area contributed by atoms with Crippen LogP contribution in [-0.2, 0) is 26.2 Å². The van der Waals surface area contributed by atoms with Crippen LogP contribution in [-0.4, -0.2) is 56.6 Å². The molecule has 2 rings (SSSR count). The van der Waals surface area contributed by atoms with E-state index in [4.69, 9.17) is 16.3 Å². The highest BCUT2D eigenvalue weighted by Gasteiger charge is 2.28. The molecule has 0 saturated heterocycles. The number of anilines is 1. The van der Waals surface area contributed by atoms with Crippen molar-refractivity contribution in [3.8, 4) is 5.75 Å². The highest BCUT2D eigenvalue weighted by molar-refractivity contribution is 7.92. The number of nitrogens with zero attached hydrogens (tertiary/aromatic N) is 2. The maximum absolute atomic E-state index is 13.3. The van der Waals surface area contributed by atoms with Crippen molar-refractivity contribution in [1.29, 1.82) is 0 Å². The highest BCUT2D eigenvalue weighted by atomic mass is 35.5. The second-order valence-corrected chi connectivity index (χ2v) is 11.1. The second-order valence-electron chi connectivity index (χ2n) is 8.79. The number of benzene rings is 2. The molecular formula is C26H36ClN3O5S. The van der Waals surface area contributed by atoms with Crippen molar-refractivity contribution in [3.63, 3.8) is 0 Å². The summed E-state index contributed by atoms with van der Waals surface area (Å²) in [6.07, 6.45) is 1.43. The Morgan fingerprint density at radius 2 is 1.69 bits per heavy atom. The van der Waals surface area contributed by atoms with E-state index >= 15 is 0 Å². The van der Waals surface area contributed by atoms with Crippen molar-refractivity contribution in [1.82, 2.24) is 10.2 Å². The van der Waals surface area contributed by atoms with E-state index in [1.54, 1.807) is 43.3 Å². The number of rotatable bonds is 13. The van der Waals surface area contributed by atoms with Gasteiger partial charge in [0.05, 0.1) is 18.6 Å². The molecule has 0 aliphatic heterocycles. The third-order valence-corrected chi connectivity index (χ3v) is 7.03. The van der Waals surface area contributed by atoms with Crippen LogP contribution in [0.2, 0.25) is 5.02 Å². The molecule has 0 fully saturated rings. The first-order valence-electron chi connectivity index (χ1n) is 12.0. The van der Waals surface area contributed by atoms with Crippen molar-refractivity contribution in [2.24, 2.45) is 0 Å². The van der Waals surface area contributed by atoms with E-state index < -0.39 is 16.1 Å². The van der Waals surface area contributed by atoms with E-state index in [9.17, 15) is 18.0 Å². The summed E-state index contributed by atoms with van der Waals surface area (Å²) in [4.78, 5) is 27.6. The van der Waals surface area contributed by atoms with Crippen LogP contribution >= 0.6 is 11.6 Å². The van der Waals surface area contributed by atoms with Gasteiger partial charge in [-0.1, -0.05) is 41.9 Å². The summed E-state index contributed by atoms with van der Waals surface area (Å²) in [7, 11) is -3.63. The quantitative estimate of drug-likeness (QED) is 0.412. The van der Waals surface area contributed by atoms with Gasteiger partial charge in [0.25, 0.3) is 0 Å². The van der Waals surface area contributed by atoms with E-state index in [0.29, 0.717) is 23.1 Å². The van der Waals surface area contributed by atoms with Crippen LogP contribution in [0.25, 0.3) is 0 Å². The Balaban J connectivity index is 2.22. The van der Waals surface area contributed by atoms with Crippen molar-refractivity contribution >= 4 is 39.1 Å². The minimum atomic E-state index is -3.63. The van der Waals surface area contributed by atoms with Crippen molar-refractivity contribution < 1.29 is 22.7 Å². The molecule has 2 amide bonds. The molecule has 0 radical (unpaired) electrons. The van der Waals surface area contributed by atoms with Crippen LogP contribution < -0.4 is 14.4 Å². The maximum atomic E-state index is 13.3. The van der Waals surface area contributed by atoms with E-state index in [2.05, 4.69) is 5.32 Å². The Bertz CT molecular complexity index is 1140. The number of carbonyl (C=O) groups is 2. The smallest absolute Gasteiger partial charge is 0.242 e. The molecule has 2 aromatic rings. The largest absolute Gasteiger partial charge is 0.492 e. The number of para-hydroxylation sites is 2. The molecule has 0 aliphatic carbocycles. The summed E-state index contributed by atoms with van der Waals surface area (Å²) < 4.78 is 32.0. The van der Waals surface area contributed by atoms with Crippen molar-refractivity contribution in [3.05, 3.63) is 59.1 Å². The van der Waals surface area contributed by atoms with Crippen LogP contribution in [0.4, 0.5) is 5.69 Å². The highest BCUT2D eigenvalue weighted by Crippen LogP contribution is 2.30. The van der Waals surface area contributed by atoms with Crippen LogP contribution in [0.3, 0.4) is 0 Å². The molecule has 10 heteroatoms. The van der Waals surface area contributed by atoms with E-state index in [1.807, 2.05) is 32.9 Å². The lowest BCUT2D eigenvalue weighted by Gasteiger charge is -2.30.